The van der Waals surface area contributed by atoms with Gasteiger partial charge in [-0.25, -0.2) is 13.8 Å². The van der Waals surface area contributed by atoms with Gasteiger partial charge in [-0.3, -0.25) is 9.69 Å². The molecule has 3 aromatic rings. The minimum Gasteiger partial charge on any atom is -0.493 e. The van der Waals surface area contributed by atoms with Gasteiger partial charge in [0.15, 0.2) is 23.1 Å². The molecule has 0 spiro atoms. The van der Waals surface area contributed by atoms with Crippen molar-refractivity contribution in [2.24, 2.45) is 0 Å². The molecule has 3 heterocycles. The zero-order valence-corrected chi connectivity index (χ0v) is 20.1. The number of benzene rings is 2. The van der Waals surface area contributed by atoms with Crippen LogP contribution in [0.3, 0.4) is 0 Å². The summed E-state index contributed by atoms with van der Waals surface area (Å²) >= 11 is 1.17. The molecule has 1 aromatic heterocycles. The van der Waals surface area contributed by atoms with Crippen LogP contribution in [-0.2, 0) is 6.54 Å². The summed E-state index contributed by atoms with van der Waals surface area (Å²) < 4.78 is 38.2. The first-order valence-corrected chi connectivity index (χ1v) is 12.3. The number of likely N-dealkylation sites (tertiary alicyclic amines) is 1. The van der Waals surface area contributed by atoms with Gasteiger partial charge < -0.3 is 14.4 Å². The lowest BCUT2D eigenvalue weighted by Gasteiger charge is -2.19. The van der Waals surface area contributed by atoms with E-state index in [-0.39, 0.29) is 5.91 Å². The number of nitrogens with zero attached hydrogens (tertiary/aromatic N) is 3. The van der Waals surface area contributed by atoms with E-state index in [0.29, 0.717) is 46.0 Å². The molecule has 35 heavy (non-hydrogen) atoms. The second-order valence-corrected chi connectivity index (χ2v) is 9.55. The van der Waals surface area contributed by atoms with Crippen LogP contribution in [0, 0.1) is 11.6 Å². The van der Waals surface area contributed by atoms with Crippen LogP contribution in [0.5, 0.6) is 11.5 Å². The van der Waals surface area contributed by atoms with Crippen molar-refractivity contribution in [3.63, 3.8) is 0 Å². The number of aromatic nitrogens is 1. The number of rotatable bonds is 8. The van der Waals surface area contributed by atoms with E-state index in [1.807, 2.05) is 18.2 Å². The van der Waals surface area contributed by atoms with Crippen molar-refractivity contribution in [1.29, 1.82) is 0 Å². The number of anilines is 1. The van der Waals surface area contributed by atoms with Crippen LogP contribution < -0.4 is 14.4 Å². The topological polar surface area (TPSA) is 54.9 Å². The van der Waals surface area contributed by atoms with Gasteiger partial charge >= 0.3 is 0 Å². The van der Waals surface area contributed by atoms with E-state index < -0.39 is 11.6 Å². The highest BCUT2D eigenvalue weighted by atomic mass is 32.2. The van der Waals surface area contributed by atoms with E-state index in [2.05, 4.69) is 9.88 Å². The molecule has 182 valence electrons. The van der Waals surface area contributed by atoms with Crippen LogP contribution >= 0.6 is 11.8 Å². The van der Waals surface area contributed by atoms with Crippen molar-refractivity contribution < 1.29 is 23.0 Å². The molecule has 6 nitrogen and oxygen atoms in total. The lowest BCUT2D eigenvalue weighted by molar-refractivity contribution is 0.0992. The van der Waals surface area contributed by atoms with Crippen molar-refractivity contribution in [2.45, 2.75) is 29.3 Å². The lowest BCUT2D eigenvalue weighted by Crippen LogP contribution is -2.25. The molecule has 1 fully saturated rings. The number of fused-ring (bicyclic) bond motifs is 1. The Bertz CT molecular complexity index is 1250. The van der Waals surface area contributed by atoms with E-state index in [0.717, 1.165) is 37.3 Å². The standard InChI is InChI=1S/C26H25F2N3O3S/c1-33-23-14-18(5-8-22(23)34-13-12-30-10-2-3-11-30)31-16-17-4-9-24(29-25(17)26(31)32)35-19-6-7-20(27)21(28)15-19/h4-9,14-15H,2-3,10-13,16H2,1H3. The molecule has 0 atom stereocenters. The van der Waals surface area contributed by atoms with Crippen LogP contribution in [0.4, 0.5) is 14.5 Å². The summed E-state index contributed by atoms with van der Waals surface area (Å²) in [5, 5.41) is 0.532. The molecule has 0 saturated carbocycles. The zero-order chi connectivity index (χ0) is 24.4. The van der Waals surface area contributed by atoms with E-state index >= 15 is 0 Å². The first kappa shape index (κ1) is 23.6. The molecule has 0 bridgehead atoms. The normalized spacial score (nSPS) is 15.5. The van der Waals surface area contributed by atoms with E-state index in [1.165, 1.54) is 30.7 Å². The van der Waals surface area contributed by atoms with Gasteiger partial charge in [0.25, 0.3) is 5.91 Å². The molecule has 1 amide bonds. The number of pyridine rings is 1. The summed E-state index contributed by atoms with van der Waals surface area (Å²) in [4.78, 5) is 22.2. The average molecular weight is 498 g/mol. The second-order valence-electron chi connectivity index (χ2n) is 8.46. The SMILES string of the molecule is COc1cc(N2Cc3ccc(Sc4ccc(F)c(F)c4)nc3C2=O)ccc1OCCN1CCCC1. The highest BCUT2D eigenvalue weighted by Crippen LogP contribution is 2.36. The predicted octanol–water partition coefficient (Wildman–Crippen LogP) is 5.15. The third-order valence-electron chi connectivity index (χ3n) is 6.17. The maximum absolute atomic E-state index is 13.5. The number of carbonyl (C=O) groups excluding carboxylic acids is 1. The number of halogens is 2. The van der Waals surface area contributed by atoms with Crippen molar-refractivity contribution >= 4 is 23.4 Å². The highest BCUT2D eigenvalue weighted by molar-refractivity contribution is 7.99. The fourth-order valence-corrected chi connectivity index (χ4v) is 5.13. The van der Waals surface area contributed by atoms with Crippen molar-refractivity contribution in [3.05, 3.63) is 71.4 Å². The maximum Gasteiger partial charge on any atom is 0.277 e. The number of carbonyl (C=O) groups is 1. The van der Waals surface area contributed by atoms with Gasteiger partial charge in [-0.2, -0.15) is 0 Å². The Morgan fingerprint density at radius 2 is 1.83 bits per heavy atom. The molecule has 0 N–H and O–H groups in total. The molecule has 0 aliphatic carbocycles. The molecular weight excluding hydrogens is 472 g/mol. The Morgan fingerprint density at radius 3 is 2.60 bits per heavy atom. The molecule has 2 aliphatic heterocycles. The largest absolute Gasteiger partial charge is 0.493 e. The molecule has 0 unspecified atom stereocenters. The highest BCUT2D eigenvalue weighted by Gasteiger charge is 2.31. The second kappa shape index (κ2) is 10.2. The van der Waals surface area contributed by atoms with E-state index in [1.54, 1.807) is 24.1 Å². The minimum absolute atomic E-state index is 0.225. The van der Waals surface area contributed by atoms with Crippen molar-refractivity contribution in [2.75, 3.05) is 38.3 Å². The third kappa shape index (κ3) is 5.11. The number of methoxy groups -OCH3 is 1. The molecule has 2 aromatic carbocycles. The van der Waals surface area contributed by atoms with Crippen molar-refractivity contribution in [1.82, 2.24) is 9.88 Å². The van der Waals surface area contributed by atoms with Gasteiger partial charge in [0.2, 0.25) is 0 Å². The quantitative estimate of drug-likeness (QED) is 0.429. The van der Waals surface area contributed by atoms with Gasteiger partial charge in [-0.05, 0) is 62.3 Å². The summed E-state index contributed by atoms with van der Waals surface area (Å²) in [6.07, 6.45) is 2.48. The molecule has 1 saturated heterocycles. The van der Waals surface area contributed by atoms with E-state index in [9.17, 15) is 13.6 Å². The number of ether oxygens (including phenoxy) is 2. The van der Waals surface area contributed by atoms with E-state index in [4.69, 9.17) is 9.47 Å². The molecule has 2 aliphatic rings. The summed E-state index contributed by atoms with van der Waals surface area (Å²) in [6, 6.07) is 12.8. The smallest absolute Gasteiger partial charge is 0.277 e. The lowest BCUT2D eigenvalue weighted by atomic mass is 10.2. The molecule has 5 rings (SSSR count). The molecular formula is C26H25F2N3O3S. The van der Waals surface area contributed by atoms with Gasteiger partial charge in [0.1, 0.15) is 17.3 Å². The summed E-state index contributed by atoms with van der Waals surface area (Å²) in [5.74, 6) is -0.841. The van der Waals surface area contributed by atoms with Gasteiger partial charge in [-0.15, -0.1) is 0 Å². The minimum atomic E-state index is -0.921. The monoisotopic (exact) mass is 497 g/mol. The summed E-state index contributed by atoms with van der Waals surface area (Å²) in [6.45, 7) is 4.07. The fraction of sp³-hybridized carbons (Fsp3) is 0.308. The summed E-state index contributed by atoms with van der Waals surface area (Å²) in [5.41, 5.74) is 1.84. The number of hydrogen-bond acceptors (Lipinski definition) is 6. The van der Waals surface area contributed by atoms with Crippen LogP contribution in [0.25, 0.3) is 0 Å². The maximum atomic E-state index is 13.5. The Morgan fingerprint density at radius 1 is 1.00 bits per heavy atom. The van der Waals surface area contributed by atoms with Crippen LogP contribution in [0.15, 0.2) is 58.5 Å². The van der Waals surface area contributed by atoms with Gasteiger partial charge in [0.05, 0.1) is 13.7 Å². The predicted molar refractivity (Wildman–Crippen MR) is 129 cm³/mol. The fourth-order valence-electron chi connectivity index (χ4n) is 4.31. The number of hydrogen-bond donors (Lipinski definition) is 0. The Kier molecular flexibility index (Phi) is 6.88. The molecule has 0 radical (unpaired) electrons. The Labute approximate surface area is 206 Å². The third-order valence-corrected chi connectivity index (χ3v) is 7.09. The Hall–Kier alpha value is -3.17. The van der Waals surface area contributed by atoms with Gasteiger partial charge in [-0.1, -0.05) is 17.8 Å². The number of amides is 1. The van der Waals surface area contributed by atoms with Crippen LogP contribution in [0.2, 0.25) is 0 Å². The van der Waals surface area contributed by atoms with Gasteiger partial charge in [0, 0.05) is 28.8 Å². The first-order valence-electron chi connectivity index (χ1n) is 11.5. The Balaban J connectivity index is 1.28. The van der Waals surface area contributed by atoms with Crippen molar-refractivity contribution in [3.8, 4) is 11.5 Å². The zero-order valence-electron chi connectivity index (χ0n) is 19.3. The average Bonchev–Trinajstić information content (AvgIpc) is 3.50. The molecule has 9 heteroatoms. The first-order chi connectivity index (χ1) is 17.0. The van der Waals surface area contributed by atoms with Crippen LogP contribution in [0.1, 0.15) is 28.9 Å². The summed E-state index contributed by atoms with van der Waals surface area (Å²) in [7, 11) is 1.58. The van der Waals surface area contributed by atoms with Crippen LogP contribution in [-0.4, -0.2) is 49.1 Å².